The normalized spacial score (nSPS) is 20.7. The van der Waals surface area contributed by atoms with Crippen molar-refractivity contribution in [3.8, 4) is 11.5 Å². The number of nitrogens with one attached hydrogen (secondary N) is 2. The molecule has 2 fully saturated rings. The summed E-state index contributed by atoms with van der Waals surface area (Å²) in [5.74, 6) is 0.149. The molecule has 2 N–H and O–H groups in total. The maximum Gasteiger partial charge on any atom is 0.586 e. The van der Waals surface area contributed by atoms with E-state index in [1.807, 2.05) is 23.2 Å². The summed E-state index contributed by atoms with van der Waals surface area (Å²) in [5.41, 5.74) is 2.55. The van der Waals surface area contributed by atoms with Crippen LogP contribution in [-0.4, -0.2) is 58.3 Å². The molecule has 10 heteroatoms. The molecule has 0 aliphatic carbocycles. The van der Waals surface area contributed by atoms with Crippen molar-refractivity contribution in [2.24, 2.45) is 5.41 Å². The van der Waals surface area contributed by atoms with Gasteiger partial charge in [-0.05, 0) is 55.8 Å². The van der Waals surface area contributed by atoms with Crippen LogP contribution in [0.2, 0.25) is 0 Å². The standard InChI is InChI=1S/C23H23F2N5O3/c24-23(25)32-18-2-1-15(9-19(18)33-23)12-29-7-4-22(5-8-29)13-30(14-22)21(31)28-17-10-16-3-6-26-20(16)27-11-17/h1-3,6,9-11H,4-5,7-8,12-14H2,(H,26,27)(H,28,31). The van der Waals surface area contributed by atoms with Gasteiger partial charge < -0.3 is 24.7 Å². The smallest absolute Gasteiger partial charge is 0.395 e. The van der Waals surface area contributed by atoms with Crippen LogP contribution in [0.5, 0.6) is 11.5 Å². The first-order valence-electron chi connectivity index (χ1n) is 11.0. The number of hydrogen-bond acceptors (Lipinski definition) is 5. The first-order valence-corrected chi connectivity index (χ1v) is 11.0. The molecule has 0 radical (unpaired) electrons. The molecule has 5 heterocycles. The number of halogens is 2. The third-order valence-corrected chi connectivity index (χ3v) is 6.78. The summed E-state index contributed by atoms with van der Waals surface area (Å²) in [7, 11) is 0. The lowest BCUT2D eigenvalue weighted by molar-refractivity contribution is -0.286. The minimum atomic E-state index is -3.59. The van der Waals surface area contributed by atoms with Gasteiger partial charge in [0.25, 0.3) is 0 Å². The number of aromatic amines is 1. The summed E-state index contributed by atoms with van der Waals surface area (Å²) < 4.78 is 35.5. The minimum Gasteiger partial charge on any atom is -0.395 e. The van der Waals surface area contributed by atoms with E-state index in [1.54, 1.807) is 18.3 Å². The van der Waals surface area contributed by atoms with E-state index in [9.17, 15) is 13.6 Å². The zero-order valence-corrected chi connectivity index (χ0v) is 17.8. The van der Waals surface area contributed by atoms with Gasteiger partial charge in [0.1, 0.15) is 5.65 Å². The fraction of sp³-hybridized carbons (Fsp3) is 0.391. The Morgan fingerprint density at radius 3 is 2.73 bits per heavy atom. The van der Waals surface area contributed by atoms with Gasteiger partial charge in [-0.2, -0.15) is 0 Å². The van der Waals surface area contributed by atoms with Crippen LogP contribution in [-0.2, 0) is 6.54 Å². The van der Waals surface area contributed by atoms with E-state index < -0.39 is 6.29 Å². The van der Waals surface area contributed by atoms with Gasteiger partial charge in [-0.25, -0.2) is 9.78 Å². The molecular formula is C23H23F2N5O3. The lowest BCUT2D eigenvalue weighted by atomic mass is 9.72. The summed E-state index contributed by atoms with van der Waals surface area (Å²) in [6.45, 7) is 3.94. The molecular weight excluding hydrogens is 432 g/mol. The second-order valence-electron chi connectivity index (χ2n) is 9.15. The number of amides is 2. The average molecular weight is 455 g/mol. The van der Waals surface area contributed by atoms with Gasteiger partial charge in [0, 0.05) is 36.6 Å². The first-order chi connectivity index (χ1) is 15.9. The van der Waals surface area contributed by atoms with Crippen molar-refractivity contribution in [2.75, 3.05) is 31.5 Å². The SMILES string of the molecule is O=C(Nc1cnc2[nH]ccc2c1)N1CC2(CCN(Cc3ccc4c(c3)OC(F)(F)O4)CC2)C1. The monoisotopic (exact) mass is 455 g/mol. The van der Waals surface area contributed by atoms with E-state index in [2.05, 4.69) is 29.7 Å². The number of anilines is 1. The van der Waals surface area contributed by atoms with E-state index in [4.69, 9.17) is 0 Å². The number of alkyl halides is 2. The Bertz CT molecular complexity index is 1210. The molecule has 1 aromatic carbocycles. The molecule has 2 saturated heterocycles. The van der Waals surface area contributed by atoms with Gasteiger partial charge in [-0.3, -0.25) is 4.90 Å². The predicted octanol–water partition coefficient (Wildman–Crippen LogP) is 4.01. The average Bonchev–Trinajstić information content (AvgIpc) is 3.34. The Balaban J connectivity index is 1.000. The molecule has 33 heavy (non-hydrogen) atoms. The number of pyridine rings is 1. The Morgan fingerprint density at radius 1 is 1.12 bits per heavy atom. The van der Waals surface area contributed by atoms with Crippen LogP contribution in [0.25, 0.3) is 11.0 Å². The minimum absolute atomic E-state index is 0.0676. The fourth-order valence-corrected chi connectivity index (χ4v) is 4.97. The molecule has 0 unspecified atom stereocenters. The lowest BCUT2D eigenvalue weighted by Gasteiger charge is -2.53. The Morgan fingerprint density at radius 2 is 1.91 bits per heavy atom. The summed E-state index contributed by atoms with van der Waals surface area (Å²) in [5, 5.41) is 3.90. The summed E-state index contributed by atoms with van der Waals surface area (Å²) in [6, 6.07) is 8.67. The van der Waals surface area contributed by atoms with E-state index in [-0.39, 0.29) is 22.9 Å². The number of urea groups is 1. The number of ether oxygens (including phenoxy) is 2. The van der Waals surface area contributed by atoms with Gasteiger partial charge in [-0.15, -0.1) is 8.78 Å². The number of likely N-dealkylation sites (tertiary alicyclic amines) is 2. The van der Waals surface area contributed by atoms with Gasteiger partial charge in [-0.1, -0.05) is 6.07 Å². The fourth-order valence-electron chi connectivity index (χ4n) is 4.97. The number of nitrogens with zero attached hydrogens (tertiary/aromatic N) is 3. The molecule has 1 spiro atoms. The van der Waals surface area contributed by atoms with Crippen molar-refractivity contribution >= 4 is 22.8 Å². The van der Waals surface area contributed by atoms with Gasteiger partial charge in [0.2, 0.25) is 0 Å². The van der Waals surface area contributed by atoms with Crippen molar-refractivity contribution in [1.29, 1.82) is 0 Å². The van der Waals surface area contributed by atoms with Crippen LogP contribution in [0.4, 0.5) is 19.3 Å². The number of rotatable bonds is 3. The van der Waals surface area contributed by atoms with E-state index >= 15 is 0 Å². The van der Waals surface area contributed by atoms with Crippen LogP contribution in [0, 0.1) is 5.41 Å². The van der Waals surface area contributed by atoms with Gasteiger partial charge in [0.15, 0.2) is 11.5 Å². The van der Waals surface area contributed by atoms with Crippen molar-refractivity contribution in [2.45, 2.75) is 25.7 Å². The van der Waals surface area contributed by atoms with Crippen LogP contribution in [0.15, 0.2) is 42.7 Å². The third-order valence-electron chi connectivity index (χ3n) is 6.78. The van der Waals surface area contributed by atoms with Crippen molar-refractivity contribution in [1.82, 2.24) is 19.8 Å². The summed E-state index contributed by atoms with van der Waals surface area (Å²) in [4.78, 5) is 24.1. The number of piperidine rings is 1. The van der Waals surface area contributed by atoms with Crippen LogP contribution in [0.3, 0.4) is 0 Å². The zero-order chi connectivity index (χ0) is 22.6. The van der Waals surface area contributed by atoms with Crippen molar-refractivity contribution in [3.63, 3.8) is 0 Å². The molecule has 8 nitrogen and oxygen atoms in total. The lowest BCUT2D eigenvalue weighted by Crippen LogP contribution is -2.62. The molecule has 0 bridgehead atoms. The maximum atomic E-state index is 13.2. The van der Waals surface area contributed by atoms with Crippen LogP contribution >= 0.6 is 0 Å². The predicted molar refractivity (Wildman–Crippen MR) is 116 cm³/mol. The number of fused-ring (bicyclic) bond motifs is 2. The highest BCUT2D eigenvalue weighted by Crippen LogP contribution is 2.43. The topological polar surface area (TPSA) is 82.7 Å². The number of hydrogen-bond donors (Lipinski definition) is 2. The highest BCUT2D eigenvalue weighted by Gasteiger charge is 2.47. The number of carbonyl (C=O) groups is 1. The highest BCUT2D eigenvalue weighted by atomic mass is 19.3. The largest absolute Gasteiger partial charge is 0.586 e. The third kappa shape index (κ3) is 3.84. The van der Waals surface area contributed by atoms with Crippen molar-refractivity contribution in [3.05, 3.63) is 48.3 Å². The Hall–Kier alpha value is -3.40. The molecule has 2 amide bonds. The second-order valence-corrected chi connectivity index (χ2v) is 9.15. The number of aromatic nitrogens is 2. The second kappa shape index (κ2) is 7.31. The zero-order valence-electron chi connectivity index (χ0n) is 17.8. The molecule has 3 aliphatic rings. The van der Waals surface area contributed by atoms with E-state index in [0.29, 0.717) is 12.2 Å². The highest BCUT2D eigenvalue weighted by molar-refractivity contribution is 5.92. The molecule has 0 atom stereocenters. The molecule has 3 aliphatic heterocycles. The van der Waals surface area contributed by atoms with Gasteiger partial charge in [0.05, 0.1) is 11.9 Å². The van der Waals surface area contributed by atoms with E-state index in [0.717, 1.165) is 55.6 Å². The molecule has 2 aromatic heterocycles. The quantitative estimate of drug-likeness (QED) is 0.624. The number of carbonyl (C=O) groups excluding carboxylic acids is 1. The van der Waals surface area contributed by atoms with E-state index in [1.165, 1.54) is 6.07 Å². The van der Waals surface area contributed by atoms with Crippen LogP contribution < -0.4 is 14.8 Å². The number of benzene rings is 1. The molecule has 6 rings (SSSR count). The Labute approximate surface area is 188 Å². The maximum absolute atomic E-state index is 13.2. The summed E-state index contributed by atoms with van der Waals surface area (Å²) >= 11 is 0. The summed E-state index contributed by atoms with van der Waals surface area (Å²) in [6.07, 6.45) is 1.88. The molecule has 3 aromatic rings. The van der Waals surface area contributed by atoms with Crippen molar-refractivity contribution < 1.29 is 23.0 Å². The number of H-pyrrole nitrogens is 1. The molecule has 172 valence electrons. The van der Waals surface area contributed by atoms with Crippen LogP contribution in [0.1, 0.15) is 18.4 Å². The first kappa shape index (κ1) is 20.2. The molecule has 0 saturated carbocycles. The van der Waals surface area contributed by atoms with Gasteiger partial charge >= 0.3 is 12.3 Å². The Kier molecular flexibility index (Phi) is 4.48.